The van der Waals surface area contributed by atoms with E-state index in [4.69, 9.17) is 5.11 Å². The van der Waals surface area contributed by atoms with E-state index in [1.54, 1.807) is 12.3 Å². The highest BCUT2D eigenvalue weighted by Crippen LogP contribution is 2.14. The van der Waals surface area contributed by atoms with Crippen LogP contribution in [0.25, 0.3) is 0 Å². The Morgan fingerprint density at radius 1 is 1.41 bits per heavy atom. The molecule has 0 amide bonds. The number of likely N-dealkylation sites (N-methyl/N-ethyl adjacent to an activating group) is 1. The zero-order valence-electron chi connectivity index (χ0n) is 9.76. The summed E-state index contributed by atoms with van der Waals surface area (Å²) in [5.41, 5.74) is 3.93. The highest BCUT2D eigenvalue weighted by molar-refractivity contribution is 5.93. The van der Waals surface area contributed by atoms with Gasteiger partial charge in [-0.1, -0.05) is 0 Å². The van der Waals surface area contributed by atoms with E-state index < -0.39 is 5.97 Å². The maximum atomic E-state index is 11.0. The number of nitrogens with one attached hydrogen (secondary N) is 1. The zero-order valence-corrected chi connectivity index (χ0v) is 9.76. The molecule has 1 aliphatic rings. The van der Waals surface area contributed by atoms with Crippen molar-refractivity contribution in [2.24, 2.45) is 0 Å². The van der Waals surface area contributed by atoms with Crippen LogP contribution in [0.5, 0.6) is 0 Å². The molecule has 17 heavy (non-hydrogen) atoms. The highest BCUT2D eigenvalue weighted by Gasteiger charge is 2.16. The van der Waals surface area contributed by atoms with Gasteiger partial charge >= 0.3 is 5.97 Å². The van der Waals surface area contributed by atoms with Gasteiger partial charge < -0.3 is 15.4 Å². The summed E-state index contributed by atoms with van der Waals surface area (Å²) in [6, 6.07) is 1.68. The Hall–Kier alpha value is -1.66. The van der Waals surface area contributed by atoms with Crippen LogP contribution in [-0.2, 0) is 0 Å². The van der Waals surface area contributed by atoms with Crippen LogP contribution in [0.2, 0.25) is 0 Å². The first-order valence-electron chi connectivity index (χ1n) is 5.54. The number of hydrogen-bond acceptors (Lipinski definition) is 5. The maximum absolute atomic E-state index is 11.0. The van der Waals surface area contributed by atoms with Gasteiger partial charge in [0.15, 0.2) is 0 Å². The van der Waals surface area contributed by atoms with Crippen molar-refractivity contribution in [3.05, 3.63) is 24.0 Å². The van der Waals surface area contributed by atoms with Crippen molar-refractivity contribution in [2.45, 2.75) is 0 Å². The summed E-state index contributed by atoms with van der Waals surface area (Å²) >= 11 is 0. The Balaban J connectivity index is 2.05. The van der Waals surface area contributed by atoms with E-state index in [0.717, 1.165) is 26.2 Å². The van der Waals surface area contributed by atoms with Gasteiger partial charge in [0.1, 0.15) is 5.56 Å². The van der Waals surface area contributed by atoms with Crippen LogP contribution in [0.4, 0.5) is 5.69 Å². The molecule has 6 heteroatoms. The zero-order chi connectivity index (χ0) is 12.3. The lowest BCUT2D eigenvalue weighted by Crippen LogP contribution is -2.47. The second-order valence-electron chi connectivity index (χ2n) is 4.13. The van der Waals surface area contributed by atoms with E-state index in [-0.39, 0.29) is 5.56 Å². The Bertz CT molecular complexity index is 402. The first-order valence-corrected chi connectivity index (χ1v) is 5.54. The largest absolute Gasteiger partial charge is 0.478 e. The van der Waals surface area contributed by atoms with Crippen LogP contribution in [0.15, 0.2) is 18.5 Å². The van der Waals surface area contributed by atoms with E-state index in [1.807, 2.05) is 5.01 Å². The van der Waals surface area contributed by atoms with Gasteiger partial charge in [-0.2, -0.15) is 0 Å². The molecular weight excluding hydrogens is 220 g/mol. The van der Waals surface area contributed by atoms with Crippen molar-refractivity contribution in [3.63, 3.8) is 0 Å². The number of hydrazine groups is 1. The van der Waals surface area contributed by atoms with E-state index >= 15 is 0 Å². The summed E-state index contributed by atoms with van der Waals surface area (Å²) < 4.78 is 0. The molecule has 1 saturated heterocycles. The highest BCUT2D eigenvalue weighted by atomic mass is 16.4. The SMILES string of the molecule is CN1CCN(Nc2ccncc2C(=O)O)CC1. The molecule has 1 aliphatic heterocycles. The minimum absolute atomic E-state index is 0.200. The molecule has 2 N–H and O–H groups in total. The van der Waals surface area contributed by atoms with Crippen LogP contribution >= 0.6 is 0 Å². The average molecular weight is 236 g/mol. The molecule has 1 aromatic heterocycles. The number of anilines is 1. The van der Waals surface area contributed by atoms with Gasteiger partial charge in [0.25, 0.3) is 0 Å². The number of hydrogen-bond donors (Lipinski definition) is 2. The standard InChI is InChI=1S/C11H16N4O2/c1-14-4-6-15(7-5-14)13-10-2-3-12-8-9(10)11(16)17/h2-3,8H,4-7H2,1H3,(H,12,13)(H,16,17). The number of nitrogens with zero attached hydrogens (tertiary/aromatic N) is 3. The number of carboxylic acid groups (broad SMARTS) is 1. The van der Waals surface area contributed by atoms with Crippen LogP contribution in [0.3, 0.4) is 0 Å². The molecule has 2 rings (SSSR count). The maximum Gasteiger partial charge on any atom is 0.339 e. The van der Waals surface area contributed by atoms with Crippen LogP contribution in [0.1, 0.15) is 10.4 Å². The van der Waals surface area contributed by atoms with Crippen molar-refractivity contribution in [2.75, 3.05) is 38.7 Å². The lowest BCUT2D eigenvalue weighted by atomic mass is 10.2. The molecule has 0 spiro atoms. The first-order chi connectivity index (χ1) is 8.16. The quantitative estimate of drug-likeness (QED) is 0.789. The molecule has 0 atom stereocenters. The summed E-state index contributed by atoms with van der Waals surface area (Å²) in [7, 11) is 2.08. The second kappa shape index (κ2) is 5.11. The Morgan fingerprint density at radius 3 is 2.76 bits per heavy atom. The molecule has 0 unspecified atom stereocenters. The molecule has 0 bridgehead atoms. The minimum Gasteiger partial charge on any atom is -0.478 e. The number of pyridine rings is 1. The van der Waals surface area contributed by atoms with Gasteiger partial charge in [0.05, 0.1) is 5.69 Å². The van der Waals surface area contributed by atoms with Crippen LogP contribution in [0, 0.1) is 0 Å². The Labute approximate surface area is 99.8 Å². The molecule has 1 fully saturated rings. The van der Waals surface area contributed by atoms with Gasteiger partial charge in [-0.05, 0) is 13.1 Å². The molecule has 1 aromatic rings. The van der Waals surface area contributed by atoms with Gasteiger partial charge in [-0.3, -0.25) is 4.98 Å². The minimum atomic E-state index is -0.963. The van der Waals surface area contributed by atoms with Crippen LogP contribution < -0.4 is 5.43 Å². The van der Waals surface area contributed by atoms with Gasteiger partial charge in [0.2, 0.25) is 0 Å². The molecule has 0 radical (unpaired) electrons. The van der Waals surface area contributed by atoms with Gasteiger partial charge in [0, 0.05) is 38.6 Å². The number of carboxylic acids is 1. The summed E-state index contributed by atoms with van der Waals surface area (Å²) in [6.07, 6.45) is 2.95. The fourth-order valence-electron chi connectivity index (χ4n) is 1.75. The van der Waals surface area contributed by atoms with Crippen molar-refractivity contribution in [1.82, 2.24) is 14.9 Å². The van der Waals surface area contributed by atoms with Gasteiger partial charge in [-0.15, -0.1) is 0 Å². The number of rotatable bonds is 3. The monoisotopic (exact) mass is 236 g/mol. The topological polar surface area (TPSA) is 68.7 Å². The molecule has 2 heterocycles. The average Bonchev–Trinajstić information content (AvgIpc) is 2.32. The van der Waals surface area contributed by atoms with Gasteiger partial charge in [-0.25, -0.2) is 9.80 Å². The van der Waals surface area contributed by atoms with Crippen molar-refractivity contribution < 1.29 is 9.90 Å². The fraction of sp³-hybridized carbons (Fsp3) is 0.455. The normalized spacial score (nSPS) is 17.9. The summed E-state index contributed by atoms with van der Waals surface area (Å²) in [6.45, 7) is 3.69. The van der Waals surface area contributed by atoms with Crippen molar-refractivity contribution >= 4 is 11.7 Å². The fourth-order valence-corrected chi connectivity index (χ4v) is 1.75. The molecule has 0 aliphatic carbocycles. The lowest BCUT2D eigenvalue weighted by Gasteiger charge is -2.33. The van der Waals surface area contributed by atoms with Crippen LogP contribution in [-0.4, -0.2) is 59.2 Å². The van der Waals surface area contributed by atoms with E-state index in [0.29, 0.717) is 5.69 Å². The number of aromatic nitrogens is 1. The smallest absolute Gasteiger partial charge is 0.339 e. The Kier molecular flexibility index (Phi) is 3.55. The van der Waals surface area contributed by atoms with E-state index in [1.165, 1.54) is 6.20 Å². The van der Waals surface area contributed by atoms with E-state index in [9.17, 15) is 4.79 Å². The molecule has 0 saturated carbocycles. The molecule has 0 aromatic carbocycles. The molecule has 92 valence electrons. The summed E-state index contributed by atoms with van der Waals surface area (Å²) in [5.74, 6) is -0.963. The van der Waals surface area contributed by atoms with Crippen molar-refractivity contribution in [3.8, 4) is 0 Å². The first kappa shape index (κ1) is 11.8. The molecule has 6 nitrogen and oxygen atoms in total. The third kappa shape index (κ3) is 2.92. The molecular formula is C11H16N4O2. The number of aromatic carboxylic acids is 1. The lowest BCUT2D eigenvalue weighted by molar-refractivity contribution is 0.0696. The van der Waals surface area contributed by atoms with Crippen molar-refractivity contribution in [1.29, 1.82) is 0 Å². The summed E-state index contributed by atoms with van der Waals surface area (Å²) in [4.78, 5) is 17.1. The predicted octanol–water partition coefficient (Wildman–Crippen LogP) is 0.354. The second-order valence-corrected chi connectivity index (χ2v) is 4.13. The summed E-state index contributed by atoms with van der Waals surface area (Å²) in [5, 5.41) is 11.1. The van der Waals surface area contributed by atoms with E-state index in [2.05, 4.69) is 22.4 Å². The third-order valence-corrected chi connectivity index (χ3v) is 2.83. The number of piperazine rings is 1. The Morgan fingerprint density at radius 2 is 2.12 bits per heavy atom. The third-order valence-electron chi connectivity index (χ3n) is 2.83. The number of carbonyl (C=O) groups is 1. The predicted molar refractivity (Wildman–Crippen MR) is 63.9 cm³/mol.